The van der Waals surface area contributed by atoms with Crippen LogP contribution in [0.5, 0.6) is 11.6 Å². The lowest BCUT2D eigenvalue weighted by Crippen LogP contribution is -2.21. The van der Waals surface area contributed by atoms with Crippen LogP contribution in [-0.2, 0) is 13.5 Å². The number of aromatic hydroxyl groups is 2. The molecule has 2 N–H and O–H groups in total. The highest BCUT2D eigenvalue weighted by molar-refractivity contribution is 5.28. The van der Waals surface area contributed by atoms with Crippen LogP contribution in [-0.4, -0.2) is 19.8 Å². The molecule has 0 amide bonds. The number of aryl methyl sites for hydroxylation is 1. The van der Waals surface area contributed by atoms with Gasteiger partial charge in [0.2, 0.25) is 5.75 Å². The Hall–Kier alpha value is -1.52. The lowest BCUT2D eigenvalue weighted by atomic mass is 10.3. The van der Waals surface area contributed by atoms with Crippen LogP contribution in [0, 0.1) is 0 Å². The molecule has 5 nitrogen and oxygen atoms in total. The Bertz CT molecular complexity index is 370. The van der Waals surface area contributed by atoms with Crippen molar-refractivity contribution in [2.24, 2.45) is 7.05 Å². The zero-order valence-corrected chi connectivity index (χ0v) is 7.61. The van der Waals surface area contributed by atoms with E-state index in [1.165, 1.54) is 11.6 Å². The van der Waals surface area contributed by atoms with Crippen LogP contribution in [0.3, 0.4) is 0 Å². The van der Waals surface area contributed by atoms with E-state index in [2.05, 4.69) is 4.98 Å². The monoisotopic (exact) mass is 184 g/mol. The summed E-state index contributed by atoms with van der Waals surface area (Å²) in [5.74, 6) is -0.809. The summed E-state index contributed by atoms with van der Waals surface area (Å²) in [7, 11) is 1.51. The second-order valence-corrected chi connectivity index (χ2v) is 2.81. The summed E-state index contributed by atoms with van der Waals surface area (Å²) >= 11 is 0. The van der Waals surface area contributed by atoms with Gasteiger partial charge in [-0.1, -0.05) is 6.92 Å². The number of nitrogens with zero attached hydrogens (tertiary/aromatic N) is 2. The van der Waals surface area contributed by atoms with Gasteiger partial charge < -0.3 is 10.2 Å². The summed E-state index contributed by atoms with van der Waals surface area (Å²) in [4.78, 5) is 14.9. The third-order valence-electron chi connectivity index (χ3n) is 1.81. The Kier molecular flexibility index (Phi) is 2.55. The van der Waals surface area contributed by atoms with Crippen LogP contribution in [0.4, 0.5) is 0 Å². The van der Waals surface area contributed by atoms with Crippen molar-refractivity contribution in [2.45, 2.75) is 19.8 Å². The van der Waals surface area contributed by atoms with E-state index in [0.717, 1.165) is 6.42 Å². The quantitative estimate of drug-likeness (QED) is 0.685. The summed E-state index contributed by atoms with van der Waals surface area (Å²) in [6.45, 7) is 1.94. The Morgan fingerprint density at radius 1 is 1.46 bits per heavy atom. The highest BCUT2D eigenvalue weighted by atomic mass is 16.3. The van der Waals surface area contributed by atoms with Gasteiger partial charge in [0, 0.05) is 13.5 Å². The van der Waals surface area contributed by atoms with Gasteiger partial charge in [0.1, 0.15) is 5.82 Å². The second kappa shape index (κ2) is 3.47. The molecule has 0 atom stereocenters. The van der Waals surface area contributed by atoms with Crippen molar-refractivity contribution in [3.05, 3.63) is 16.2 Å². The fourth-order valence-electron chi connectivity index (χ4n) is 1.07. The molecule has 1 heterocycles. The highest BCUT2D eigenvalue weighted by Gasteiger charge is 2.11. The maximum Gasteiger partial charge on any atom is 0.299 e. The molecule has 0 aromatic carbocycles. The molecule has 0 unspecified atom stereocenters. The summed E-state index contributed by atoms with van der Waals surface area (Å²) in [5, 5.41) is 18.1. The smallest absolute Gasteiger partial charge is 0.299 e. The minimum absolute atomic E-state index is 0.475. The average Bonchev–Trinajstić information content (AvgIpc) is 2.11. The molecule has 0 saturated carbocycles. The van der Waals surface area contributed by atoms with E-state index in [-0.39, 0.29) is 0 Å². The maximum atomic E-state index is 11.2. The van der Waals surface area contributed by atoms with Crippen LogP contribution < -0.4 is 5.56 Å². The molecule has 13 heavy (non-hydrogen) atoms. The van der Waals surface area contributed by atoms with E-state index in [1.807, 2.05) is 6.92 Å². The van der Waals surface area contributed by atoms with Gasteiger partial charge in [0.25, 0.3) is 11.4 Å². The number of hydrogen-bond donors (Lipinski definition) is 2. The third-order valence-corrected chi connectivity index (χ3v) is 1.81. The van der Waals surface area contributed by atoms with Crippen molar-refractivity contribution in [3.63, 3.8) is 0 Å². The molecular formula is C8H12N2O3. The standard InChI is InChI=1S/C8H12N2O3/c1-3-4-5-9-7(12)6(11)8(13)10(5)2/h11-12H,3-4H2,1-2H3. The normalized spacial score (nSPS) is 10.3. The molecule has 1 aromatic rings. The predicted octanol–water partition coefficient (Wildman–Crippen LogP) is 0.144. The summed E-state index contributed by atoms with van der Waals surface area (Å²) in [6.07, 6.45) is 1.42. The first kappa shape index (κ1) is 9.57. The molecule has 0 bridgehead atoms. The Labute approximate surface area is 75.3 Å². The van der Waals surface area contributed by atoms with E-state index in [9.17, 15) is 4.79 Å². The van der Waals surface area contributed by atoms with Crippen LogP contribution in [0.25, 0.3) is 0 Å². The molecule has 5 heteroatoms. The molecule has 0 radical (unpaired) electrons. The topological polar surface area (TPSA) is 75.4 Å². The van der Waals surface area contributed by atoms with E-state index in [1.54, 1.807) is 0 Å². The minimum atomic E-state index is -0.692. The van der Waals surface area contributed by atoms with Gasteiger partial charge in [0.15, 0.2) is 0 Å². The van der Waals surface area contributed by atoms with Crippen molar-refractivity contribution >= 4 is 0 Å². The van der Waals surface area contributed by atoms with E-state index < -0.39 is 17.2 Å². The van der Waals surface area contributed by atoms with Gasteiger partial charge >= 0.3 is 0 Å². The molecule has 72 valence electrons. The first-order valence-electron chi connectivity index (χ1n) is 4.05. The van der Waals surface area contributed by atoms with Crippen LogP contribution in [0.1, 0.15) is 19.2 Å². The van der Waals surface area contributed by atoms with E-state index >= 15 is 0 Å². The average molecular weight is 184 g/mol. The van der Waals surface area contributed by atoms with Crippen LogP contribution in [0.15, 0.2) is 4.79 Å². The Morgan fingerprint density at radius 2 is 2.08 bits per heavy atom. The third kappa shape index (κ3) is 1.63. The van der Waals surface area contributed by atoms with Gasteiger partial charge in [-0.3, -0.25) is 9.36 Å². The number of aromatic nitrogens is 2. The fraction of sp³-hybridized carbons (Fsp3) is 0.500. The van der Waals surface area contributed by atoms with Gasteiger partial charge in [-0.25, -0.2) is 0 Å². The van der Waals surface area contributed by atoms with Gasteiger partial charge in [-0.2, -0.15) is 4.98 Å². The van der Waals surface area contributed by atoms with Crippen LogP contribution >= 0.6 is 0 Å². The molecule has 0 spiro atoms. The Balaban J connectivity index is 3.32. The number of rotatable bonds is 2. The first-order chi connectivity index (χ1) is 6.07. The molecule has 1 rings (SSSR count). The van der Waals surface area contributed by atoms with Crippen molar-refractivity contribution in [1.82, 2.24) is 9.55 Å². The predicted molar refractivity (Wildman–Crippen MR) is 46.8 cm³/mol. The van der Waals surface area contributed by atoms with Gasteiger partial charge in [-0.15, -0.1) is 0 Å². The molecule has 0 aliphatic carbocycles. The maximum absolute atomic E-state index is 11.2. The first-order valence-corrected chi connectivity index (χ1v) is 4.05. The fourth-order valence-corrected chi connectivity index (χ4v) is 1.07. The molecule has 0 fully saturated rings. The van der Waals surface area contributed by atoms with Crippen molar-refractivity contribution < 1.29 is 10.2 Å². The van der Waals surface area contributed by atoms with Crippen molar-refractivity contribution in [2.75, 3.05) is 0 Å². The van der Waals surface area contributed by atoms with Crippen molar-refractivity contribution in [1.29, 1.82) is 0 Å². The van der Waals surface area contributed by atoms with E-state index in [4.69, 9.17) is 10.2 Å². The lowest BCUT2D eigenvalue weighted by Gasteiger charge is -2.06. The summed E-state index contributed by atoms with van der Waals surface area (Å²) in [6, 6.07) is 0. The summed E-state index contributed by atoms with van der Waals surface area (Å²) < 4.78 is 1.23. The van der Waals surface area contributed by atoms with E-state index in [0.29, 0.717) is 12.2 Å². The lowest BCUT2D eigenvalue weighted by molar-refractivity contribution is 0.373. The largest absolute Gasteiger partial charge is 0.499 e. The highest BCUT2D eigenvalue weighted by Crippen LogP contribution is 2.15. The van der Waals surface area contributed by atoms with Crippen molar-refractivity contribution in [3.8, 4) is 11.6 Å². The molecule has 1 aromatic heterocycles. The van der Waals surface area contributed by atoms with Gasteiger partial charge in [0.05, 0.1) is 0 Å². The molecule has 0 aliphatic rings. The van der Waals surface area contributed by atoms with Crippen LogP contribution in [0.2, 0.25) is 0 Å². The molecule has 0 aliphatic heterocycles. The summed E-state index contributed by atoms with van der Waals surface area (Å²) in [5.41, 5.74) is -0.615. The zero-order valence-electron chi connectivity index (χ0n) is 7.61. The Morgan fingerprint density at radius 3 is 2.62 bits per heavy atom. The second-order valence-electron chi connectivity index (χ2n) is 2.81. The van der Waals surface area contributed by atoms with Gasteiger partial charge in [-0.05, 0) is 6.42 Å². The molecule has 0 saturated heterocycles. The zero-order chi connectivity index (χ0) is 10.0. The molecular weight excluding hydrogens is 172 g/mol. The SMILES string of the molecule is CCCc1nc(O)c(O)c(=O)n1C. The number of hydrogen-bond acceptors (Lipinski definition) is 4. The minimum Gasteiger partial charge on any atom is -0.499 e.